The molecule has 0 bridgehead atoms. The number of esters is 1. The van der Waals surface area contributed by atoms with Gasteiger partial charge in [-0.25, -0.2) is 0 Å². The van der Waals surface area contributed by atoms with Crippen molar-refractivity contribution in [1.29, 1.82) is 0 Å². The van der Waals surface area contributed by atoms with Crippen molar-refractivity contribution in [3.05, 3.63) is 17.5 Å². The van der Waals surface area contributed by atoms with E-state index in [9.17, 15) is 9.59 Å². The van der Waals surface area contributed by atoms with E-state index in [4.69, 9.17) is 0 Å². The predicted molar refractivity (Wildman–Crippen MR) is 72.3 cm³/mol. The summed E-state index contributed by atoms with van der Waals surface area (Å²) in [5.74, 6) is -0.238. The van der Waals surface area contributed by atoms with Gasteiger partial charge in [-0.15, -0.1) is 0 Å². The van der Waals surface area contributed by atoms with Crippen molar-refractivity contribution in [3.63, 3.8) is 0 Å². The number of aryl methyl sites for hydroxylation is 1. The van der Waals surface area contributed by atoms with Crippen LogP contribution in [0.15, 0.2) is 6.07 Å². The van der Waals surface area contributed by atoms with Crippen LogP contribution in [-0.4, -0.2) is 71.7 Å². The van der Waals surface area contributed by atoms with Gasteiger partial charge < -0.3 is 9.64 Å². The number of ether oxygens (including phenoxy) is 1. The molecule has 1 fully saturated rings. The van der Waals surface area contributed by atoms with Crippen LogP contribution in [0, 0.1) is 6.92 Å². The van der Waals surface area contributed by atoms with Gasteiger partial charge in [0, 0.05) is 38.4 Å². The Morgan fingerprint density at radius 1 is 1.35 bits per heavy atom. The van der Waals surface area contributed by atoms with E-state index in [1.54, 1.807) is 11.0 Å². The van der Waals surface area contributed by atoms with Crippen molar-refractivity contribution in [1.82, 2.24) is 20.0 Å². The number of aromatic nitrogens is 2. The third-order valence-corrected chi connectivity index (χ3v) is 3.44. The van der Waals surface area contributed by atoms with Gasteiger partial charge in [-0.3, -0.25) is 19.6 Å². The lowest BCUT2D eigenvalue weighted by Gasteiger charge is -2.34. The van der Waals surface area contributed by atoms with Gasteiger partial charge >= 0.3 is 5.97 Å². The smallest absolute Gasteiger partial charge is 0.306 e. The first-order valence-electron chi connectivity index (χ1n) is 6.70. The molecule has 7 heteroatoms. The van der Waals surface area contributed by atoms with E-state index >= 15 is 0 Å². The van der Waals surface area contributed by atoms with Gasteiger partial charge in [0.25, 0.3) is 5.91 Å². The molecule has 1 saturated heterocycles. The molecule has 0 aromatic carbocycles. The number of nitrogens with zero attached hydrogens (tertiary/aromatic N) is 3. The Hall–Kier alpha value is -1.89. The first-order valence-corrected chi connectivity index (χ1v) is 6.70. The fourth-order valence-electron chi connectivity index (χ4n) is 2.22. The van der Waals surface area contributed by atoms with Crippen molar-refractivity contribution in [2.45, 2.75) is 13.3 Å². The van der Waals surface area contributed by atoms with Crippen molar-refractivity contribution < 1.29 is 14.3 Å². The molecular formula is C13H20N4O3. The maximum absolute atomic E-state index is 12.2. The lowest BCUT2D eigenvalue weighted by atomic mass is 10.2. The molecule has 1 amide bonds. The highest BCUT2D eigenvalue weighted by Crippen LogP contribution is 2.08. The molecular weight excluding hydrogens is 260 g/mol. The van der Waals surface area contributed by atoms with Gasteiger partial charge in [0.1, 0.15) is 5.69 Å². The lowest BCUT2D eigenvalue weighted by Crippen LogP contribution is -2.49. The number of carbonyl (C=O) groups is 2. The number of amides is 1. The molecule has 1 aromatic rings. The number of hydrogen-bond donors (Lipinski definition) is 1. The summed E-state index contributed by atoms with van der Waals surface area (Å²) in [5, 5.41) is 6.77. The van der Waals surface area contributed by atoms with Crippen molar-refractivity contribution in [3.8, 4) is 0 Å². The minimum atomic E-state index is -0.199. The van der Waals surface area contributed by atoms with Crippen LogP contribution in [0.25, 0.3) is 0 Å². The number of piperazine rings is 1. The second kappa shape index (κ2) is 6.51. The summed E-state index contributed by atoms with van der Waals surface area (Å²) in [4.78, 5) is 27.2. The summed E-state index contributed by atoms with van der Waals surface area (Å²) in [6.45, 7) is 5.40. The van der Waals surface area contributed by atoms with Crippen LogP contribution in [0.5, 0.6) is 0 Å². The molecule has 1 aliphatic heterocycles. The summed E-state index contributed by atoms with van der Waals surface area (Å²) in [6, 6.07) is 1.76. The predicted octanol–water partition coefficient (Wildman–Crippen LogP) is 0.0390. The van der Waals surface area contributed by atoms with Gasteiger partial charge in [0.15, 0.2) is 0 Å². The minimum Gasteiger partial charge on any atom is -0.469 e. The van der Waals surface area contributed by atoms with Crippen LogP contribution in [0.3, 0.4) is 0 Å². The summed E-state index contributed by atoms with van der Waals surface area (Å²) in [7, 11) is 1.39. The Morgan fingerprint density at radius 3 is 2.60 bits per heavy atom. The van der Waals surface area contributed by atoms with E-state index in [-0.39, 0.29) is 11.9 Å². The van der Waals surface area contributed by atoms with Crippen molar-refractivity contribution >= 4 is 11.9 Å². The fourth-order valence-corrected chi connectivity index (χ4v) is 2.22. The molecule has 20 heavy (non-hydrogen) atoms. The quantitative estimate of drug-likeness (QED) is 0.788. The number of nitrogens with one attached hydrogen (secondary N) is 1. The van der Waals surface area contributed by atoms with Crippen molar-refractivity contribution in [2.24, 2.45) is 0 Å². The monoisotopic (exact) mass is 280 g/mol. The molecule has 0 radical (unpaired) electrons. The van der Waals surface area contributed by atoms with Gasteiger partial charge in [-0.05, 0) is 13.0 Å². The summed E-state index contributed by atoms with van der Waals surface area (Å²) < 4.78 is 4.62. The zero-order chi connectivity index (χ0) is 14.5. The van der Waals surface area contributed by atoms with Crippen LogP contribution in [0.2, 0.25) is 0 Å². The normalized spacial score (nSPS) is 16.2. The van der Waals surface area contributed by atoms with Crippen LogP contribution in [-0.2, 0) is 9.53 Å². The van der Waals surface area contributed by atoms with Gasteiger partial charge in [0.05, 0.1) is 13.5 Å². The molecule has 0 unspecified atom stereocenters. The molecule has 110 valence electrons. The number of rotatable bonds is 4. The number of H-pyrrole nitrogens is 1. The number of hydrogen-bond acceptors (Lipinski definition) is 5. The van der Waals surface area contributed by atoms with Crippen molar-refractivity contribution in [2.75, 3.05) is 39.8 Å². The van der Waals surface area contributed by atoms with E-state index in [1.807, 2.05) is 6.92 Å². The molecule has 1 N–H and O–H groups in total. The molecule has 2 heterocycles. The first-order chi connectivity index (χ1) is 9.60. The van der Waals surface area contributed by atoms with Crippen LogP contribution in [0.4, 0.5) is 0 Å². The average molecular weight is 280 g/mol. The summed E-state index contributed by atoms with van der Waals surface area (Å²) in [5.41, 5.74) is 1.34. The zero-order valence-electron chi connectivity index (χ0n) is 11.9. The Balaban J connectivity index is 1.79. The van der Waals surface area contributed by atoms with E-state index < -0.39 is 0 Å². The summed E-state index contributed by atoms with van der Waals surface area (Å²) >= 11 is 0. The maximum atomic E-state index is 12.2. The highest BCUT2D eigenvalue weighted by atomic mass is 16.5. The number of aromatic amines is 1. The number of methoxy groups -OCH3 is 1. The average Bonchev–Trinajstić information content (AvgIpc) is 2.91. The van der Waals surface area contributed by atoms with E-state index in [2.05, 4.69) is 19.8 Å². The third-order valence-electron chi connectivity index (χ3n) is 3.44. The maximum Gasteiger partial charge on any atom is 0.306 e. The van der Waals surface area contributed by atoms with Gasteiger partial charge in [-0.1, -0.05) is 0 Å². The SMILES string of the molecule is COC(=O)CCN1CCN(C(=O)c2cc(C)[nH]n2)CC1. The molecule has 0 atom stereocenters. The largest absolute Gasteiger partial charge is 0.469 e. The lowest BCUT2D eigenvalue weighted by molar-refractivity contribution is -0.141. The van der Waals surface area contributed by atoms with Crippen LogP contribution < -0.4 is 0 Å². The highest BCUT2D eigenvalue weighted by molar-refractivity contribution is 5.92. The van der Waals surface area contributed by atoms with Gasteiger partial charge in [0.2, 0.25) is 0 Å². The Bertz CT molecular complexity index is 478. The Kier molecular flexibility index (Phi) is 4.73. The summed E-state index contributed by atoms with van der Waals surface area (Å²) in [6.07, 6.45) is 0.392. The van der Waals surface area contributed by atoms with Gasteiger partial charge in [-0.2, -0.15) is 5.10 Å². The molecule has 0 aliphatic carbocycles. The molecule has 7 nitrogen and oxygen atoms in total. The third kappa shape index (κ3) is 3.57. The minimum absolute atomic E-state index is 0.0398. The standard InChI is InChI=1S/C13H20N4O3/c1-10-9-11(15-14-10)13(19)17-7-5-16(6-8-17)4-3-12(18)20-2/h9H,3-8H2,1-2H3,(H,14,15). The molecule has 2 rings (SSSR count). The van der Waals surface area contributed by atoms with Crippen LogP contribution >= 0.6 is 0 Å². The van der Waals surface area contributed by atoms with E-state index in [0.29, 0.717) is 31.7 Å². The molecule has 1 aromatic heterocycles. The topological polar surface area (TPSA) is 78.5 Å². The Morgan fingerprint density at radius 2 is 2.05 bits per heavy atom. The second-order valence-corrected chi connectivity index (χ2v) is 4.90. The molecule has 1 aliphatic rings. The highest BCUT2D eigenvalue weighted by Gasteiger charge is 2.23. The zero-order valence-corrected chi connectivity index (χ0v) is 11.9. The van der Waals surface area contributed by atoms with E-state index in [1.165, 1.54) is 7.11 Å². The molecule has 0 spiro atoms. The fraction of sp³-hybridized carbons (Fsp3) is 0.615. The first kappa shape index (κ1) is 14.5. The molecule has 0 saturated carbocycles. The Labute approximate surface area is 117 Å². The van der Waals surface area contributed by atoms with Crippen LogP contribution in [0.1, 0.15) is 22.6 Å². The van der Waals surface area contributed by atoms with E-state index in [0.717, 1.165) is 18.8 Å². The second-order valence-electron chi connectivity index (χ2n) is 4.90. The number of carbonyl (C=O) groups excluding carboxylic acids is 2.